The number of pyridine rings is 1. The minimum Gasteiger partial charge on any atom is -0.346 e. The number of ketones is 1. The molecule has 1 aliphatic heterocycles. The van der Waals surface area contributed by atoms with E-state index < -0.39 is 11.8 Å². The van der Waals surface area contributed by atoms with E-state index in [1.54, 1.807) is 47.8 Å². The molecule has 2 N–H and O–H groups in total. The van der Waals surface area contributed by atoms with Crippen molar-refractivity contribution >= 4 is 28.9 Å². The smallest absolute Gasteiger partial charge is 0.271 e. The van der Waals surface area contributed by atoms with Crippen molar-refractivity contribution in [2.24, 2.45) is 0 Å². The third-order valence-electron chi connectivity index (χ3n) is 3.58. The molecular formula is C18H16N4O3S. The molecule has 132 valence electrons. The van der Waals surface area contributed by atoms with E-state index >= 15 is 0 Å². The molecule has 0 atom stereocenters. The van der Waals surface area contributed by atoms with Crippen LogP contribution in [0.2, 0.25) is 0 Å². The second-order valence-corrected chi connectivity index (χ2v) is 6.41. The molecule has 7 nitrogen and oxygen atoms in total. The van der Waals surface area contributed by atoms with Gasteiger partial charge in [0, 0.05) is 30.4 Å². The van der Waals surface area contributed by atoms with Crippen LogP contribution in [0.15, 0.2) is 66.1 Å². The Balaban J connectivity index is 1.56. The first-order valence-electron chi connectivity index (χ1n) is 7.84. The largest absolute Gasteiger partial charge is 0.346 e. The fourth-order valence-electron chi connectivity index (χ4n) is 2.30. The number of nitrogens with zero attached hydrogens (tertiary/aromatic N) is 2. The number of Topliss-reactive ketones (excluding diaryl/α,β-unsaturated/α-hetero) is 1. The van der Waals surface area contributed by atoms with Crippen LogP contribution in [0.25, 0.3) is 0 Å². The molecule has 0 spiro atoms. The molecule has 3 heterocycles. The minimum atomic E-state index is -0.455. The quantitative estimate of drug-likeness (QED) is 0.621. The molecule has 2 aromatic heterocycles. The lowest BCUT2D eigenvalue weighted by Gasteiger charge is -2.20. The summed E-state index contributed by atoms with van der Waals surface area (Å²) in [5, 5.41) is 1.85. The van der Waals surface area contributed by atoms with E-state index in [1.165, 1.54) is 17.5 Å². The number of carbonyl (C=O) groups is 3. The summed E-state index contributed by atoms with van der Waals surface area (Å²) in [6, 6.07) is 6.82. The van der Waals surface area contributed by atoms with Crippen LogP contribution in [0.4, 0.5) is 0 Å². The third-order valence-corrected chi connectivity index (χ3v) is 4.49. The van der Waals surface area contributed by atoms with Crippen LogP contribution in [0, 0.1) is 0 Å². The van der Waals surface area contributed by atoms with Crippen molar-refractivity contribution in [1.29, 1.82) is 0 Å². The maximum absolute atomic E-state index is 12.2. The van der Waals surface area contributed by atoms with E-state index in [0.29, 0.717) is 22.4 Å². The molecule has 0 fully saturated rings. The van der Waals surface area contributed by atoms with Gasteiger partial charge in [0.05, 0.1) is 17.0 Å². The van der Waals surface area contributed by atoms with Gasteiger partial charge in [-0.05, 0) is 30.0 Å². The SMILES string of the molecule is O=C(NNC(=O)c1cccnc1)C1=CN(CC(=O)c2cccs2)C=CC1. The molecule has 26 heavy (non-hydrogen) atoms. The average Bonchev–Trinajstić information content (AvgIpc) is 3.22. The van der Waals surface area contributed by atoms with Crippen molar-refractivity contribution in [3.8, 4) is 0 Å². The number of allylic oxidation sites excluding steroid dienone is 1. The molecule has 8 heteroatoms. The number of nitrogens with one attached hydrogen (secondary N) is 2. The summed E-state index contributed by atoms with van der Waals surface area (Å²) >= 11 is 1.38. The summed E-state index contributed by atoms with van der Waals surface area (Å²) in [6.45, 7) is 0.149. The number of carbonyl (C=O) groups excluding carboxylic acids is 3. The molecule has 0 aliphatic carbocycles. The summed E-state index contributed by atoms with van der Waals surface area (Å²) in [5.74, 6) is -0.907. The van der Waals surface area contributed by atoms with Gasteiger partial charge in [-0.15, -0.1) is 11.3 Å². The third kappa shape index (κ3) is 4.42. The van der Waals surface area contributed by atoms with Crippen molar-refractivity contribution in [3.63, 3.8) is 0 Å². The number of rotatable bonds is 5. The Labute approximate surface area is 154 Å². The topological polar surface area (TPSA) is 91.4 Å². The first-order chi connectivity index (χ1) is 12.6. The maximum atomic E-state index is 12.2. The lowest BCUT2D eigenvalue weighted by Crippen LogP contribution is -2.42. The Kier molecular flexibility index (Phi) is 5.55. The van der Waals surface area contributed by atoms with Crippen LogP contribution in [-0.4, -0.2) is 34.0 Å². The number of hydrogen-bond donors (Lipinski definition) is 2. The highest BCUT2D eigenvalue weighted by Gasteiger charge is 2.17. The van der Waals surface area contributed by atoms with Crippen LogP contribution in [0.3, 0.4) is 0 Å². The van der Waals surface area contributed by atoms with Crippen LogP contribution >= 0.6 is 11.3 Å². The van der Waals surface area contributed by atoms with Crippen LogP contribution in [0.1, 0.15) is 26.5 Å². The minimum absolute atomic E-state index is 0.0209. The first-order valence-corrected chi connectivity index (χ1v) is 8.72. The van der Waals surface area contributed by atoms with Gasteiger partial charge in [-0.3, -0.25) is 30.2 Å². The number of thiophene rings is 1. The molecule has 3 rings (SSSR count). The Morgan fingerprint density at radius 2 is 2.00 bits per heavy atom. The van der Waals surface area contributed by atoms with Gasteiger partial charge in [0.15, 0.2) is 5.78 Å². The number of hydrogen-bond acceptors (Lipinski definition) is 6. The first kappa shape index (κ1) is 17.6. The van der Waals surface area contributed by atoms with Crippen molar-refractivity contribution < 1.29 is 14.4 Å². The van der Waals surface area contributed by atoms with Gasteiger partial charge in [-0.1, -0.05) is 12.1 Å². The van der Waals surface area contributed by atoms with Gasteiger partial charge < -0.3 is 4.90 Å². The number of hydrazine groups is 1. The Bertz CT molecular complexity index is 860. The summed E-state index contributed by atoms with van der Waals surface area (Å²) < 4.78 is 0. The highest BCUT2D eigenvalue weighted by Crippen LogP contribution is 2.15. The summed E-state index contributed by atoms with van der Waals surface area (Å²) in [4.78, 5) is 42.5. The normalized spacial score (nSPS) is 13.1. The Morgan fingerprint density at radius 3 is 2.73 bits per heavy atom. The lowest BCUT2D eigenvalue weighted by molar-refractivity contribution is -0.118. The molecule has 2 amide bonds. The number of aromatic nitrogens is 1. The van der Waals surface area contributed by atoms with Gasteiger partial charge in [0.2, 0.25) is 0 Å². The molecule has 0 saturated carbocycles. The second kappa shape index (κ2) is 8.21. The van der Waals surface area contributed by atoms with Crippen molar-refractivity contribution in [1.82, 2.24) is 20.7 Å². The van der Waals surface area contributed by atoms with Crippen LogP contribution in [-0.2, 0) is 4.79 Å². The molecule has 0 saturated heterocycles. The fraction of sp³-hybridized carbons (Fsp3) is 0.111. The highest BCUT2D eigenvalue weighted by atomic mass is 32.1. The summed E-state index contributed by atoms with van der Waals surface area (Å²) in [5.41, 5.74) is 5.50. The van der Waals surface area contributed by atoms with Gasteiger partial charge in [0.25, 0.3) is 11.8 Å². The molecule has 0 aromatic carbocycles. The van der Waals surface area contributed by atoms with Crippen molar-refractivity contribution in [2.75, 3.05) is 6.54 Å². The van der Waals surface area contributed by atoms with Crippen molar-refractivity contribution in [3.05, 3.63) is 76.5 Å². The molecular weight excluding hydrogens is 352 g/mol. The lowest BCUT2D eigenvalue weighted by atomic mass is 10.1. The average molecular weight is 368 g/mol. The van der Waals surface area contributed by atoms with Crippen LogP contribution < -0.4 is 10.9 Å². The Hall–Kier alpha value is -3.26. The molecule has 2 aromatic rings. The molecule has 1 aliphatic rings. The zero-order valence-corrected chi connectivity index (χ0v) is 14.5. The zero-order chi connectivity index (χ0) is 18.4. The van der Waals surface area contributed by atoms with E-state index in [9.17, 15) is 14.4 Å². The predicted octanol–water partition coefficient (Wildman–Crippen LogP) is 1.89. The molecule has 0 bridgehead atoms. The van der Waals surface area contributed by atoms with Crippen LogP contribution in [0.5, 0.6) is 0 Å². The monoisotopic (exact) mass is 368 g/mol. The van der Waals surface area contributed by atoms with Crippen molar-refractivity contribution in [2.45, 2.75) is 6.42 Å². The summed E-state index contributed by atoms with van der Waals surface area (Å²) in [7, 11) is 0. The van der Waals surface area contributed by atoms with Gasteiger partial charge in [-0.25, -0.2) is 0 Å². The van der Waals surface area contributed by atoms with E-state index in [0.717, 1.165) is 0 Å². The molecule has 0 unspecified atom stereocenters. The van der Waals surface area contributed by atoms with E-state index in [-0.39, 0.29) is 12.3 Å². The zero-order valence-electron chi connectivity index (χ0n) is 13.7. The van der Waals surface area contributed by atoms with E-state index in [4.69, 9.17) is 0 Å². The highest BCUT2D eigenvalue weighted by molar-refractivity contribution is 7.12. The van der Waals surface area contributed by atoms with Gasteiger partial charge in [0.1, 0.15) is 0 Å². The van der Waals surface area contributed by atoms with Gasteiger partial charge in [-0.2, -0.15) is 0 Å². The predicted molar refractivity (Wildman–Crippen MR) is 97.0 cm³/mol. The second-order valence-electron chi connectivity index (χ2n) is 5.47. The fourth-order valence-corrected chi connectivity index (χ4v) is 2.96. The van der Waals surface area contributed by atoms with E-state index in [1.807, 2.05) is 11.4 Å². The maximum Gasteiger partial charge on any atom is 0.271 e. The molecule has 0 radical (unpaired) electrons. The summed E-state index contributed by atoms with van der Waals surface area (Å²) in [6.07, 6.45) is 8.54. The number of amides is 2. The van der Waals surface area contributed by atoms with E-state index in [2.05, 4.69) is 15.8 Å². The Morgan fingerprint density at radius 1 is 1.15 bits per heavy atom. The van der Waals surface area contributed by atoms with Gasteiger partial charge >= 0.3 is 0 Å². The standard InChI is InChI=1S/C18H16N4O3S/c23-15(16-6-3-9-26-16)12-22-8-2-5-14(11-22)18(25)21-20-17(24)13-4-1-7-19-10-13/h1-4,6-11H,5,12H2,(H,20,24)(H,21,25).